The van der Waals surface area contributed by atoms with Gasteiger partial charge in [0.25, 0.3) is 0 Å². The van der Waals surface area contributed by atoms with E-state index in [9.17, 15) is 4.21 Å². The van der Waals surface area contributed by atoms with Crippen molar-refractivity contribution in [1.29, 1.82) is 0 Å². The van der Waals surface area contributed by atoms with E-state index in [1.54, 1.807) is 12.3 Å². The Bertz CT molecular complexity index is 667. The van der Waals surface area contributed by atoms with Crippen molar-refractivity contribution >= 4 is 38.0 Å². The first-order valence-corrected chi connectivity index (χ1v) is 9.52. The molecule has 1 unspecified atom stereocenters. The Labute approximate surface area is 153 Å². The van der Waals surface area contributed by atoms with Crippen LogP contribution in [0.4, 0.5) is 0 Å². The Morgan fingerprint density at radius 2 is 2.17 bits per heavy atom. The average Bonchev–Trinajstić information content (AvgIpc) is 2.54. The standard InChI is InChI=1S/C16H22BrN3O3S/c1-11-4-5-12(17)6-13(11)24(21)14(20-18)7-19-8-15-22-9-16(2,3)10-23-15/h4-7,15H,8-10,18H2,1-3H3/p+1/b19-7?,20-14+. The monoisotopic (exact) mass is 416 g/mol. The minimum atomic E-state index is -1.47. The third-order valence-electron chi connectivity index (χ3n) is 3.50. The van der Waals surface area contributed by atoms with Crippen molar-refractivity contribution in [1.82, 2.24) is 0 Å². The highest BCUT2D eigenvalue weighted by molar-refractivity contribution is 9.10. The van der Waals surface area contributed by atoms with Gasteiger partial charge in [0.05, 0.1) is 13.2 Å². The molecule has 1 saturated heterocycles. The SMILES string of the molecule is Cc1ccc(Br)cc1S(=O)/C(C=[NH+]CC1OCC(C)(C)CO1)=N/N. The van der Waals surface area contributed by atoms with Gasteiger partial charge in [-0.1, -0.05) is 35.8 Å². The van der Waals surface area contributed by atoms with E-state index in [1.807, 2.05) is 19.1 Å². The van der Waals surface area contributed by atoms with Crippen molar-refractivity contribution in [2.75, 3.05) is 19.8 Å². The van der Waals surface area contributed by atoms with Crippen LogP contribution in [-0.2, 0) is 20.3 Å². The van der Waals surface area contributed by atoms with Crippen LogP contribution in [0.25, 0.3) is 0 Å². The normalized spacial score (nSPS) is 20.4. The largest absolute Gasteiger partial charge is 0.346 e. The molecule has 3 N–H and O–H groups in total. The third-order valence-corrected chi connectivity index (χ3v) is 5.43. The number of benzene rings is 1. The van der Waals surface area contributed by atoms with Gasteiger partial charge in [0.15, 0.2) is 12.8 Å². The summed E-state index contributed by atoms with van der Waals surface area (Å²) in [5.74, 6) is 5.40. The summed E-state index contributed by atoms with van der Waals surface area (Å²) in [6, 6.07) is 5.60. The highest BCUT2D eigenvalue weighted by atomic mass is 79.9. The first-order valence-electron chi connectivity index (χ1n) is 7.58. The van der Waals surface area contributed by atoms with E-state index in [2.05, 4.69) is 39.9 Å². The molecule has 0 aliphatic carbocycles. The number of nitrogens with zero attached hydrogens (tertiary/aromatic N) is 1. The Balaban J connectivity index is 1.99. The number of nitrogens with one attached hydrogen (secondary N) is 1. The maximum absolute atomic E-state index is 12.7. The van der Waals surface area contributed by atoms with Crippen LogP contribution in [0.15, 0.2) is 32.7 Å². The Morgan fingerprint density at radius 3 is 2.79 bits per heavy atom. The molecule has 1 aromatic rings. The van der Waals surface area contributed by atoms with Gasteiger partial charge in [-0.05, 0) is 24.6 Å². The molecule has 6 nitrogen and oxygen atoms in total. The number of ether oxygens (including phenoxy) is 2. The molecule has 1 aromatic carbocycles. The van der Waals surface area contributed by atoms with Gasteiger partial charge in [-0.2, -0.15) is 5.10 Å². The number of hydrogen-bond acceptors (Lipinski definition) is 5. The fourth-order valence-electron chi connectivity index (χ4n) is 2.11. The van der Waals surface area contributed by atoms with Gasteiger partial charge < -0.3 is 15.3 Å². The van der Waals surface area contributed by atoms with E-state index in [4.69, 9.17) is 15.3 Å². The molecule has 0 spiro atoms. The van der Waals surface area contributed by atoms with Crippen molar-refractivity contribution in [3.05, 3.63) is 28.2 Å². The number of aryl methyl sites for hydroxylation is 1. The summed E-state index contributed by atoms with van der Waals surface area (Å²) in [5.41, 5.74) is 0.941. The van der Waals surface area contributed by atoms with E-state index in [0.717, 1.165) is 10.0 Å². The van der Waals surface area contributed by atoms with Gasteiger partial charge in [0.2, 0.25) is 11.3 Å². The van der Waals surface area contributed by atoms with E-state index in [0.29, 0.717) is 24.7 Å². The van der Waals surface area contributed by atoms with E-state index in [-0.39, 0.29) is 16.7 Å². The zero-order valence-electron chi connectivity index (χ0n) is 14.0. The smallest absolute Gasteiger partial charge is 0.217 e. The van der Waals surface area contributed by atoms with E-state index in [1.165, 1.54) is 0 Å². The van der Waals surface area contributed by atoms with Crippen LogP contribution in [0.2, 0.25) is 0 Å². The lowest BCUT2D eigenvalue weighted by atomic mass is 9.96. The Kier molecular flexibility index (Phi) is 6.68. The second-order valence-electron chi connectivity index (χ2n) is 6.41. The third kappa shape index (κ3) is 5.20. The summed E-state index contributed by atoms with van der Waals surface area (Å²) < 4.78 is 24.8. The number of halogens is 1. The first-order chi connectivity index (χ1) is 11.3. The average molecular weight is 417 g/mol. The fraction of sp³-hybridized carbons (Fsp3) is 0.500. The van der Waals surface area contributed by atoms with E-state index >= 15 is 0 Å². The van der Waals surface area contributed by atoms with Crippen LogP contribution in [0.1, 0.15) is 19.4 Å². The van der Waals surface area contributed by atoms with Gasteiger partial charge in [-0.3, -0.25) is 0 Å². The molecular formula is C16H23BrN3O3S+. The van der Waals surface area contributed by atoms with Gasteiger partial charge in [-0.25, -0.2) is 9.20 Å². The molecule has 1 aliphatic heterocycles. The second kappa shape index (κ2) is 8.33. The van der Waals surface area contributed by atoms with Crippen LogP contribution >= 0.6 is 15.9 Å². The molecule has 0 bridgehead atoms. The lowest BCUT2D eigenvalue weighted by molar-refractivity contribution is -0.485. The Hall–Kier alpha value is -1.09. The van der Waals surface area contributed by atoms with Crippen LogP contribution in [-0.4, -0.2) is 41.5 Å². The minimum Gasteiger partial charge on any atom is -0.346 e. The summed E-state index contributed by atoms with van der Waals surface area (Å²) in [6.07, 6.45) is 1.21. The van der Waals surface area contributed by atoms with Crippen molar-refractivity contribution < 1.29 is 18.7 Å². The highest BCUT2D eigenvalue weighted by Gasteiger charge is 2.29. The summed E-state index contributed by atoms with van der Waals surface area (Å²) in [5, 5.41) is 3.90. The highest BCUT2D eigenvalue weighted by Crippen LogP contribution is 2.22. The quantitative estimate of drug-likeness (QED) is 0.327. The molecule has 2 rings (SSSR count). The number of rotatable bonds is 4. The molecule has 1 atom stereocenters. The number of hydrazone groups is 1. The molecular weight excluding hydrogens is 394 g/mol. The summed E-state index contributed by atoms with van der Waals surface area (Å²) in [6.45, 7) is 7.79. The number of hydrogen-bond donors (Lipinski definition) is 2. The van der Waals surface area contributed by atoms with Crippen molar-refractivity contribution in [3.8, 4) is 0 Å². The van der Waals surface area contributed by atoms with Gasteiger partial charge in [0, 0.05) is 14.8 Å². The molecule has 8 heteroatoms. The predicted molar refractivity (Wildman–Crippen MR) is 98.3 cm³/mol. The lowest BCUT2D eigenvalue weighted by Crippen LogP contribution is -2.74. The molecule has 1 aliphatic rings. The summed E-state index contributed by atoms with van der Waals surface area (Å²) in [4.78, 5) is 3.69. The first kappa shape index (κ1) is 19.2. The molecule has 0 radical (unpaired) electrons. The summed E-state index contributed by atoms with van der Waals surface area (Å²) in [7, 11) is -1.47. The Morgan fingerprint density at radius 1 is 1.50 bits per heavy atom. The second-order valence-corrected chi connectivity index (χ2v) is 8.73. The van der Waals surface area contributed by atoms with Crippen LogP contribution in [0, 0.1) is 12.3 Å². The molecule has 0 amide bonds. The van der Waals surface area contributed by atoms with Gasteiger partial charge in [0.1, 0.15) is 10.8 Å². The molecule has 0 aromatic heterocycles. The van der Waals surface area contributed by atoms with E-state index < -0.39 is 10.8 Å². The maximum Gasteiger partial charge on any atom is 0.217 e. The van der Waals surface area contributed by atoms with Crippen molar-refractivity contribution in [2.24, 2.45) is 16.4 Å². The molecule has 24 heavy (non-hydrogen) atoms. The minimum absolute atomic E-state index is 0.0316. The molecule has 1 fully saturated rings. The van der Waals surface area contributed by atoms with Crippen LogP contribution in [0.5, 0.6) is 0 Å². The zero-order valence-corrected chi connectivity index (χ0v) is 16.4. The lowest BCUT2D eigenvalue weighted by Gasteiger charge is -2.32. The van der Waals surface area contributed by atoms with Crippen molar-refractivity contribution in [2.45, 2.75) is 32.0 Å². The summed E-state index contributed by atoms with van der Waals surface area (Å²) >= 11 is 3.39. The topological polar surface area (TPSA) is 87.9 Å². The van der Waals surface area contributed by atoms with Crippen LogP contribution < -0.4 is 10.8 Å². The van der Waals surface area contributed by atoms with Crippen molar-refractivity contribution in [3.63, 3.8) is 0 Å². The molecule has 0 saturated carbocycles. The van der Waals surface area contributed by atoms with Gasteiger partial charge in [-0.15, -0.1) is 0 Å². The fourth-order valence-corrected chi connectivity index (χ4v) is 3.73. The zero-order chi connectivity index (χ0) is 17.7. The van der Waals surface area contributed by atoms with Crippen LogP contribution in [0.3, 0.4) is 0 Å². The predicted octanol–water partition coefficient (Wildman–Crippen LogP) is 0.688. The number of nitrogens with two attached hydrogens (primary N) is 1. The van der Waals surface area contributed by atoms with Gasteiger partial charge >= 0.3 is 0 Å². The maximum atomic E-state index is 12.7. The molecule has 1 heterocycles. The molecule has 132 valence electrons.